The van der Waals surface area contributed by atoms with E-state index in [1.54, 1.807) is 37.5 Å². The standard InChI is InChI=1S/C21H18ClN3O3/c1-25-11-5-8-17(21(25)27)20(26)24-23-13-16-9-10-19(18(22)12-16)28-14-15-6-3-2-4-7-15/h2-13H,14H2,1H3,(H,24,26)/b23-13-. The fourth-order valence-corrected chi connectivity index (χ4v) is 2.69. The highest BCUT2D eigenvalue weighted by Gasteiger charge is 2.09. The number of halogens is 1. The third kappa shape index (κ3) is 4.86. The number of nitrogens with one attached hydrogen (secondary N) is 1. The van der Waals surface area contributed by atoms with Crippen molar-refractivity contribution in [1.82, 2.24) is 9.99 Å². The Balaban J connectivity index is 1.61. The van der Waals surface area contributed by atoms with Gasteiger partial charge in [0.1, 0.15) is 17.9 Å². The third-order valence-electron chi connectivity index (χ3n) is 3.94. The minimum atomic E-state index is -0.577. The molecule has 0 atom stereocenters. The molecule has 0 saturated heterocycles. The Morgan fingerprint density at radius 1 is 1.18 bits per heavy atom. The van der Waals surface area contributed by atoms with Crippen LogP contribution < -0.4 is 15.7 Å². The van der Waals surface area contributed by atoms with E-state index in [0.29, 0.717) is 22.9 Å². The minimum absolute atomic E-state index is 0.0184. The number of hydrazone groups is 1. The number of hydrogen-bond donors (Lipinski definition) is 1. The lowest BCUT2D eigenvalue weighted by Gasteiger charge is -2.08. The van der Waals surface area contributed by atoms with Gasteiger partial charge in [-0.25, -0.2) is 5.43 Å². The van der Waals surface area contributed by atoms with Crippen LogP contribution in [-0.4, -0.2) is 16.7 Å². The van der Waals surface area contributed by atoms with Crippen molar-refractivity contribution in [2.75, 3.05) is 0 Å². The first-order valence-corrected chi connectivity index (χ1v) is 8.88. The van der Waals surface area contributed by atoms with E-state index in [0.717, 1.165) is 5.56 Å². The average molecular weight is 396 g/mol. The summed E-state index contributed by atoms with van der Waals surface area (Å²) in [5.74, 6) is -0.0224. The monoisotopic (exact) mass is 395 g/mol. The Bertz CT molecular complexity index is 1060. The first kappa shape index (κ1) is 19.4. The van der Waals surface area contributed by atoms with Crippen molar-refractivity contribution in [2.45, 2.75) is 6.61 Å². The molecule has 3 aromatic rings. The van der Waals surface area contributed by atoms with Gasteiger partial charge in [0, 0.05) is 13.2 Å². The van der Waals surface area contributed by atoms with Gasteiger partial charge in [0.15, 0.2) is 0 Å². The Labute approximate surface area is 167 Å². The maximum atomic E-state index is 12.1. The fraction of sp³-hybridized carbons (Fsp3) is 0.0952. The molecule has 1 aromatic heterocycles. The zero-order chi connectivity index (χ0) is 19.9. The Morgan fingerprint density at radius 2 is 1.96 bits per heavy atom. The fourth-order valence-electron chi connectivity index (χ4n) is 2.45. The van der Waals surface area contributed by atoms with Crippen molar-refractivity contribution in [3.63, 3.8) is 0 Å². The Kier molecular flexibility index (Phi) is 6.24. The van der Waals surface area contributed by atoms with Gasteiger partial charge < -0.3 is 9.30 Å². The second-order valence-corrected chi connectivity index (χ2v) is 6.41. The molecular weight excluding hydrogens is 378 g/mol. The first-order chi connectivity index (χ1) is 13.5. The Morgan fingerprint density at radius 3 is 2.71 bits per heavy atom. The number of nitrogens with zero attached hydrogens (tertiary/aromatic N) is 2. The number of aryl methyl sites for hydroxylation is 1. The van der Waals surface area contributed by atoms with E-state index in [-0.39, 0.29) is 5.56 Å². The molecule has 0 aliphatic heterocycles. The highest BCUT2D eigenvalue weighted by molar-refractivity contribution is 6.32. The normalized spacial score (nSPS) is 10.8. The first-order valence-electron chi connectivity index (χ1n) is 8.50. The van der Waals surface area contributed by atoms with Crippen LogP contribution in [0, 0.1) is 0 Å². The van der Waals surface area contributed by atoms with E-state index in [2.05, 4.69) is 10.5 Å². The van der Waals surface area contributed by atoms with Crippen molar-refractivity contribution in [2.24, 2.45) is 12.1 Å². The molecule has 28 heavy (non-hydrogen) atoms. The summed E-state index contributed by atoms with van der Waals surface area (Å²) in [5, 5.41) is 4.31. The van der Waals surface area contributed by atoms with Gasteiger partial charge in [0.2, 0.25) is 0 Å². The number of hydrogen-bond acceptors (Lipinski definition) is 4. The zero-order valence-electron chi connectivity index (χ0n) is 15.1. The predicted octanol–water partition coefficient (Wildman–Crippen LogP) is 3.38. The molecule has 0 unspecified atom stereocenters. The lowest BCUT2D eigenvalue weighted by atomic mass is 10.2. The summed E-state index contributed by atoms with van der Waals surface area (Å²) in [5.41, 5.74) is 3.69. The topological polar surface area (TPSA) is 72.7 Å². The molecule has 142 valence electrons. The van der Waals surface area contributed by atoms with E-state index in [9.17, 15) is 9.59 Å². The predicted molar refractivity (Wildman–Crippen MR) is 109 cm³/mol. The van der Waals surface area contributed by atoms with Gasteiger partial charge in [-0.05, 0) is 41.5 Å². The van der Waals surface area contributed by atoms with Crippen LogP contribution >= 0.6 is 11.6 Å². The molecule has 0 bridgehead atoms. The van der Waals surface area contributed by atoms with Crippen molar-refractivity contribution in [3.05, 3.63) is 98.9 Å². The van der Waals surface area contributed by atoms with Crippen LogP contribution in [0.25, 0.3) is 0 Å². The SMILES string of the molecule is Cn1cccc(C(=O)N/N=C\c2ccc(OCc3ccccc3)c(Cl)c2)c1=O. The molecule has 6 nitrogen and oxygen atoms in total. The largest absolute Gasteiger partial charge is 0.487 e. The average Bonchev–Trinajstić information content (AvgIpc) is 2.70. The number of rotatable bonds is 6. The highest BCUT2D eigenvalue weighted by Crippen LogP contribution is 2.25. The van der Waals surface area contributed by atoms with Crippen molar-refractivity contribution < 1.29 is 9.53 Å². The second kappa shape index (κ2) is 9.01. The minimum Gasteiger partial charge on any atom is -0.487 e. The molecule has 0 aliphatic rings. The van der Waals surface area contributed by atoms with Crippen LogP contribution in [0.3, 0.4) is 0 Å². The molecule has 1 amide bonds. The molecule has 0 saturated carbocycles. The van der Waals surface area contributed by atoms with E-state index in [4.69, 9.17) is 16.3 Å². The molecule has 0 radical (unpaired) electrons. The summed E-state index contributed by atoms with van der Waals surface area (Å²) in [6, 6.07) is 18.0. The summed E-state index contributed by atoms with van der Waals surface area (Å²) >= 11 is 6.25. The van der Waals surface area contributed by atoms with E-state index in [1.165, 1.54) is 16.8 Å². The molecule has 1 N–H and O–H groups in total. The van der Waals surface area contributed by atoms with Gasteiger partial charge in [-0.15, -0.1) is 0 Å². The van der Waals surface area contributed by atoms with E-state index in [1.807, 2.05) is 30.3 Å². The zero-order valence-corrected chi connectivity index (χ0v) is 15.9. The van der Waals surface area contributed by atoms with Crippen molar-refractivity contribution in [3.8, 4) is 5.75 Å². The Hall–Kier alpha value is -3.38. The number of aromatic nitrogens is 1. The van der Waals surface area contributed by atoms with Gasteiger partial charge in [-0.1, -0.05) is 41.9 Å². The van der Waals surface area contributed by atoms with Gasteiger partial charge in [0.05, 0.1) is 11.2 Å². The summed E-state index contributed by atoms with van der Waals surface area (Å²) < 4.78 is 7.05. The molecule has 7 heteroatoms. The molecule has 0 fully saturated rings. The lowest BCUT2D eigenvalue weighted by molar-refractivity contribution is 0.0953. The summed E-state index contributed by atoms with van der Waals surface area (Å²) in [6.45, 7) is 0.413. The molecule has 2 aromatic carbocycles. The van der Waals surface area contributed by atoms with Crippen LogP contribution in [0.5, 0.6) is 5.75 Å². The van der Waals surface area contributed by atoms with Gasteiger partial charge in [0.25, 0.3) is 11.5 Å². The van der Waals surface area contributed by atoms with Gasteiger partial charge >= 0.3 is 0 Å². The maximum Gasteiger partial charge on any atom is 0.276 e. The van der Waals surface area contributed by atoms with Gasteiger partial charge in [-0.3, -0.25) is 9.59 Å². The van der Waals surface area contributed by atoms with E-state index >= 15 is 0 Å². The number of benzene rings is 2. The number of carbonyl (C=O) groups is 1. The summed E-state index contributed by atoms with van der Waals surface area (Å²) in [6.07, 6.45) is 3.02. The number of pyridine rings is 1. The smallest absolute Gasteiger partial charge is 0.276 e. The molecule has 3 rings (SSSR count). The summed E-state index contributed by atoms with van der Waals surface area (Å²) in [4.78, 5) is 24.0. The number of ether oxygens (including phenoxy) is 1. The molecule has 0 aliphatic carbocycles. The van der Waals surface area contributed by atoms with Crippen LogP contribution in [0.15, 0.2) is 76.8 Å². The lowest BCUT2D eigenvalue weighted by Crippen LogP contribution is -2.29. The maximum absolute atomic E-state index is 12.1. The number of carbonyl (C=O) groups excluding carboxylic acids is 1. The van der Waals surface area contributed by atoms with Crippen LogP contribution in [0.2, 0.25) is 5.02 Å². The molecular formula is C21H18ClN3O3. The van der Waals surface area contributed by atoms with Crippen LogP contribution in [0.4, 0.5) is 0 Å². The van der Waals surface area contributed by atoms with Crippen LogP contribution in [-0.2, 0) is 13.7 Å². The van der Waals surface area contributed by atoms with Crippen molar-refractivity contribution >= 4 is 23.7 Å². The van der Waals surface area contributed by atoms with Crippen LogP contribution in [0.1, 0.15) is 21.5 Å². The molecule has 0 spiro atoms. The number of amides is 1. The third-order valence-corrected chi connectivity index (χ3v) is 4.24. The quantitative estimate of drug-likeness (QED) is 0.513. The molecule has 1 heterocycles. The van der Waals surface area contributed by atoms with E-state index < -0.39 is 11.5 Å². The summed E-state index contributed by atoms with van der Waals surface area (Å²) in [7, 11) is 1.58. The van der Waals surface area contributed by atoms with Gasteiger partial charge in [-0.2, -0.15) is 5.10 Å². The second-order valence-electron chi connectivity index (χ2n) is 6.00. The highest BCUT2D eigenvalue weighted by atomic mass is 35.5. The van der Waals surface area contributed by atoms with Crippen molar-refractivity contribution in [1.29, 1.82) is 0 Å².